The van der Waals surface area contributed by atoms with Crippen molar-refractivity contribution in [2.45, 2.75) is 37.5 Å². The van der Waals surface area contributed by atoms with Crippen LogP contribution in [0.1, 0.15) is 36.4 Å². The van der Waals surface area contributed by atoms with Crippen molar-refractivity contribution in [3.8, 4) is 5.75 Å². The summed E-state index contributed by atoms with van der Waals surface area (Å²) in [5.74, 6) is 1.04. The van der Waals surface area contributed by atoms with Crippen LogP contribution in [0.5, 0.6) is 5.75 Å². The normalized spacial score (nSPS) is 21.8. The Morgan fingerprint density at radius 3 is 2.85 bits per heavy atom. The van der Waals surface area contributed by atoms with Crippen molar-refractivity contribution in [1.82, 2.24) is 15.2 Å². The lowest BCUT2D eigenvalue weighted by Crippen LogP contribution is -2.51. The molecule has 1 atom stereocenters. The number of rotatable bonds is 5. The van der Waals surface area contributed by atoms with Crippen LogP contribution in [0.15, 0.2) is 61.4 Å². The third kappa shape index (κ3) is 3.67. The number of fused-ring (bicyclic) bond motifs is 1. The first-order valence-corrected chi connectivity index (χ1v) is 9.51. The molecule has 2 aliphatic rings. The van der Waals surface area contributed by atoms with E-state index in [0.29, 0.717) is 6.04 Å². The van der Waals surface area contributed by atoms with Gasteiger partial charge in [-0.05, 0) is 30.5 Å². The van der Waals surface area contributed by atoms with Gasteiger partial charge in [0.15, 0.2) is 0 Å². The molecule has 1 aromatic carbocycles. The number of likely N-dealkylation sites (tertiary alicyclic amines) is 1. The molecular formula is C22H27N3O. The van der Waals surface area contributed by atoms with Crippen molar-refractivity contribution >= 4 is 0 Å². The summed E-state index contributed by atoms with van der Waals surface area (Å²) < 4.78 is 6.56. The minimum atomic E-state index is -0.0569. The number of aromatic nitrogens is 1. The molecule has 26 heavy (non-hydrogen) atoms. The number of ether oxygens (including phenoxy) is 1. The van der Waals surface area contributed by atoms with E-state index in [4.69, 9.17) is 4.74 Å². The van der Waals surface area contributed by atoms with Crippen LogP contribution in [-0.2, 0) is 6.54 Å². The van der Waals surface area contributed by atoms with Gasteiger partial charge in [0.2, 0.25) is 0 Å². The zero-order valence-corrected chi connectivity index (χ0v) is 15.2. The average molecular weight is 349 g/mol. The van der Waals surface area contributed by atoms with Gasteiger partial charge in [-0.3, -0.25) is 9.88 Å². The number of nitrogens with zero attached hydrogens (tertiary/aromatic N) is 2. The average Bonchev–Trinajstić information content (AvgIpc) is 2.69. The van der Waals surface area contributed by atoms with Crippen LogP contribution in [0.3, 0.4) is 0 Å². The summed E-state index contributed by atoms with van der Waals surface area (Å²) in [5.41, 5.74) is 2.43. The van der Waals surface area contributed by atoms with Crippen molar-refractivity contribution in [2.75, 3.05) is 19.6 Å². The Kier molecular flexibility index (Phi) is 5.05. The van der Waals surface area contributed by atoms with E-state index in [1.54, 1.807) is 0 Å². The van der Waals surface area contributed by atoms with Crippen LogP contribution in [0, 0.1) is 0 Å². The first-order chi connectivity index (χ1) is 12.8. The van der Waals surface area contributed by atoms with Crippen molar-refractivity contribution in [3.05, 3.63) is 72.6 Å². The van der Waals surface area contributed by atoms with Crippen LogP contribution in [-0.4, -0.2) is 35.1 Å². The first-order valence-electron chi connectivity index (χ1n) is 9.51. The molecule has 4 rings (SSSR count). The SMILES string of the molecule is C=CCN1CCC2(CC1)C[C@H](NCc1cccnc1)c1ccccc1O2. The molecule has 1 saturated heterocycles. The second-order valence-electron chi connectivity index (χ2n) is 7.41. The van der Waals surface area contributed by atoms with E-state index in [-0.39, 0.29) is 5.60 Å². The van der Waals surface area contributed by atoms with Crippen molar-refractivity contribution < 1.29 is 4.74 Å². The number of pyridine rings is 1. The molecular weight excluding hydrogens is 322 g/mol. The predicted molar refractivity (Wildman–Crippen MR) is 104 cm³/mol. The van der Waals surface area contributed by atoms with Crippen molar-refractivity contribution in [2.24, 2.45) is 0 Å². The maximum Gasteiger partial charge on any atom is 0.124 e. The lowest BCUT2D eigenvalue weighted by Gasteiger charge is -2.47. The van der Waals surface area contributed by atoms with Gasteiger partial charge in [-0.1, -0.05) is 30.3 Å². The molecule has 0 aliphatic carbocycles. The van der Waals surface area contributed by atoms with Crippen molar-refractivity contribution in [1.29, 1.82) is 0 Å². The molecule has 0 saturated carbocycles. The fourth-order valence-electron chi connectivity index (χ4n) is 4.18. The molecule has 2 aromatic rings. The number of piperidine rings is 1. The van der Waals surface area contributed by atoms with Crippen LogP contribution in [0.25, 0.3) is 0 Å². The fraction of sp³-hybridized carbons (Fsp3) is 0.409. The van der Waals surface area contributed by atoms with Gasteiger partial charge in [0.25, 0.3) is 0 Å². The van der Waals surface area contributed by atoms with E-state index in [1.807, 2.05) is 24.5 Å². The first kappa shape index (κ1) is 17.3. The van der Waals surface area contributed by atoms with E-state index in [2.05, 4.69) is 52.1 Å². The molecule has 1 aromatic heterocycles. The number of hydrogen-bond acceptors (Lipinski definition) is 4. The van der Waals surface area contributed by atoms with Crippen molar-refractivity contribution in [3.63, 3.8) is 0 Å². The van der Waals surface area contributed by atoms with Gasteiger partial charge in [-0.15, -0.1) is 6.58 Å². The van der Waals surface area contributed by atoms with E-state index < -0.39 is 0 Å². The third-order valence-corrected chi connectivity index (χ3v) is 5.63. The van der Waals surface area contributed by atoms with Crippen LogP contribution in [0.4, 0.5) is 0 Å². The zero-order chi connectivity index (χ0) is 17.8. The van der Waals surface area contributed by atoms with Gasteiger partial charge in [0.05, 0.1) is 0 Å². The number of benzene rings is 1. The fourth-order valence-corrected chi connectivity index (χ4v) is 4.18. The van der Waals surface area contributed by atoms with E-state index in [1.165, 1.54) is 11.1 Å². The summed E-state index contributed by atoms with van der Waals surface area (Å²) in [7, 11) is 0. The molecule has 3 heterocycles. The Hall–Kier alpha value is -2.17. The molecule has 0 amide bonds. The smallest absolute Gasteiger partial charge is 0.124 e. The Morgan fingerprint density at radius 2 is 2.08 bits per heavy atom. The molecule has 0 radical (unpaired) electrons. The van der Waals surface area contributed by atoms with Gasteiger partial charge in [0, 0.05) is 56.6 Å². The summed E-state index contributed by atoms with van der Waals surface area (Å²) in [5, 5.41) is 3.75. The standard InChI is InChI=1S/C22H27N3O/c1-2-12-25-13-9-22(10-14-25)15-20(19-7-3-4-8-21(19)26-22)24-17-18-6-5-11-23-16-18/h2-8,11,16,20,24H,1,9-10,12-15,17H2/t20-/m0/s1. The molecule has 136 valence electrons. The van der Waals surface area contributed by atoms with E-state index in [9.17, 15) is 0 Å². The summed E-state index contributed by atoms with van der Waals surface area (Å²) in [6.45, 7) is 7.80. The summed E-state index contributed by atoms with van der Waals surface area (Å²) in [4.78, 5) is 6.68. The van der Waals surface area contributed by atoms with Gasteiger partial charge < -0.3 is 10.1 Å². The van der Waals surface area contributed by atoms with Crippen LogP contribution < -0.4 is 10.1 Å². The summed E-state index contributed by atoms with van der Waals surface area (Å²) in [6, 6.07) is 12.9. The van der Waals surface area contributed by atoms with Gasteiger partial charge in [-0.25, -0.2) is 0 Å². The highest BCUT2D eigenvalue weighted by atomic mass is 16.5. The summed E-state index contributed by atoms with van der Waals surface area (Å²) in [6.07, 6.45) is 8.90. The van der Waals surface area contributed by atoms with Crippen LogP contribution in [0.2, 0.25) is 0 Å². The molecule has 0 bridgehead atoms. The minimum absolute atomic E-state index is 0.0569. The number of hydrogen-bond donors (Lipinski definition) is 1. The van der Waals surface area contributed by atoms with Gasteiger partial charge in [-0.2, -0.15) is 0 Å². The molecule has 4 heteroatoms. The Balaban J connectivity index is 1.51. The second kappa shape index (κ2) is 7.60. The third-order valence-electron chi connectivity index (χ3n) is 5.63. The second-order valence-corrected chi connectivity index (χ2v) is 7.41. The highest BCUT2D eigenvalue weighted by Gasteiger charge is 2.42. The number of nitrogens with one attached hydrogen (secondary N) is 1. The topological polar surface area (TPSA) is 37.4 Å². The van der Waals surface area contributed by atoms with Crippen LogP contribution >= 0.6 is 0 Å². The lowest BCUT2D eigenvalue weighted by atomic mass is 9.80. The highest BCUT2D eigenvalue weighted by molar-refractivity contribution is 5.39. The van der Waals surface area contributed by atoms with E-state index >= 15 is 0 Å². The predicted octanol–water partition coefficient (Wildman–Crippen LogP) is 3.72. The monoisotopic (exact) mass is 349 g/mol. The van der Waals surface area contributed by atoms with Gasteiger partial charge in [0.1, 0.15) is 11.4 Å². The lowest BCUT2D eigenvalue weighted by molar-refractivity contribution is -0.0232. The molecule has 1 N–H and O–H groups in total. The maximum absolute atomic E-state index is 6.56. The Bertz CT molecular complexity index is 738. The Labute approximate surface area is 155 Å². The van der Waals surface area contributed by atoms with Gasteiger partial charge >= 0.3 is 0 Å². The molecule has 4 nitrogen and oxygen atoms in total. The quantitative estimate of drug-likeness (QED) is 0.835. The highest BCUT2D eigenvalue weighted by Crippen LogP contribution is 2.44. The largest absolute Gasteiger partial charge is 0.487 e. The maximum atomic E-state index is 6.56. The minimum Gasteiger partial charge on any atom is -0.487 e. The van der Waals surface area contributed by atoms with E-state index in [0.717, 1.165) is 51.2 Å². The zero-order valence-electron chi connectivity index (χ0n) is 15.2. The molecule has 1 fully saturated rings. The number of para-hydroxylation sites is 1. The molecule has 1 spiro atoms. The summed E-state index contributed by atoms with van der Waals surface area (Å²) >= 11 is 0. The Morgan fingerprint density at radius 1 is 1.23 bits per heavy atom. The molecule has 2 aliphatic heterocycles. The molecule has 0 unspecified atom stereocenters.